The number of rotatable bonds is 10. The van der Waals surface area contributed by atoms with E-state index in [9.17, 15) is 10.1 Å². The zero-order valence-electron chi connectivity index (χ0n) is 21.2. The molecule has 1 atom stereocenters. The first-order chi connectivity index (χ1) is 18.5. The molecule has 9 heteroatoms. The number of nitrogens with one attached hydrogen (secondary N) is 2. The molecule has 2 N–H and O–H groups in total. The van der Waals surface area contributed by atoms with Crippen LogP contribution in [-0.2, 0) is 4.79 Å². The second-order valence-corrected chi connectivity index (χ2v) is 8.52. The monoisotopic (exact) mass is 505 g/mol. The van der Waals surface area contributed by atoms with E-state index in [2.05, 4.69) is 32.9 Å². The van der Waals surface area contributed by atoms with Gasteiger partial charge in [0.2, 0.25) is 5.91 Å². The van der Waals surface area contributed by atoms with Crippen molar-refractivity contribution in [3.8, 4) is 29.0 Å². The van der Waals surface area contributed by atoms with Crippen molar-refractivity contribution >= 4 is 23.3 Å². The molecular formula is C29H27N7O2. The Kier molecular flexibility index (Phi) is 8.32. The summed E-state index contributed by atoms with van der Waals surface area (Å²) in [5.41, 5.74) is 4.26. The van der Waals surface area contributed by atoms with Crippen LogP contribution in [0.2, 0.25) is 0 Å². The molecule has 0 fully saturated rings. The molecule has 0 spiro atoms. The van der Waals surface area contributed by atoms with Crippen LogP contribution in [-0.4, -0.2) is 40.2 Å². The Morgan fingerprint density at radius 3 is 2.76 bits per heavy atom. The molecule has 0 saturated heterocycles. The second kappa shape index (κ2) is 12.2. The number of hydrogen-bond donors (Lipinski definition) is 2. The molecule has 0 bridgehead atoms. The number of fused-ring (bicyclic) bond motifs is 1. The molecule has 0 aliphatic heterocycles. The number of ether oxygens (including phenoxy) is 1. The Balaban J connectivity index is 1.33. The van der Waals surface area contributed by atoms with Crippen molar-refractivity contribution in [2.45, 2.75) is 13.8 Å². The molecule has 1 amide bonds. The molecule has 1 aromatic carbocycles. The average molecular weight is 506 g/mol. The number of aromatic nitrogens is 3. The predicted molar refractivity (Wildman–Crippen MR) is 145 cm³/mol. The van der Waals surface area contributed by atoms with E-state index in [0.29, 0.717) is 47.9 Å². The van der Waals surface area contributed by atoms with Gasteiger partial charge in [0.15, 0.2) is 0 Å². The number of pyridine rings is 2. The lowest BCUT2D eigenvalue weighted by Crippen LogP contribution is -2.32. The van der Waals surface area contributed by atoms with Crippen LogP contribution in [0.3, 0.4) is 0 Å². The quantitative estimate of drug-likeness (QED) is 0.305. The molecule has 3 heterocycles. The fourth-order valence-corrected chi connectivity index (χ4v) is 3.89. The summed E-state index contributed by atoms with van der Waals surface area (Å²) in [5.74, 6) is 0.916. The van der Waals surface area contributed by atoms with Gasteiger partial charge in [0.1, 0.15) is 17.6 Å². The topological polar surface area (TPSA) is 128 Å². The average Bonchev–Trinajstić information content (AvgIpc) is 3.37. The highest BCUT2D eigenvalue weighted by Crippen LogP contribution is 2.30. The highest BCUT2D eigenvalue weighted by atomic mass is 16.5. The number of carbonyl (C=O) groups is 1. The highest BCUT2D eigenvalue weighted by molar-refractivity contribution is 5.85. The first-order valence-corrected chi connectivity index (χ1v) is 12.2. The van der Waals surface area contributed by atoms with E-state index in [0.717, 1.165) is 16.7 Å². The normalized spacial score (nSPS) is 11.6. The lowest BCUT2D eigenvalue weighted by Gasteiger charge is -2.11. The zero-order valence-corrected chi connectivity index (χ0v) is 21.2. The van der Waals surface area contributed by atoms with Gasteiger partial charge in [-0.15, -0.1) is 0 Å². The Labute approximate surface area is 221 Å². The molecule has 4 aromatic rings. The number of carbonyl (C=O) groups excluding carboxylic acids is 1. The lowest BCUT2D eigenvalue weighted by atomic mass is 10.1. The van der Waals surface area contributed by atoms with E-state index in [-0.39, 0.29) is 11.8 Å². The minimum atomic E-state index is -0.315. The summed E-state index contributed by atoms with van der Waals surface area (Å²) >= 11 is 0. The van der Waals surface area contributed by atoms with Crippen LogP contribution < -0.4 is 15.4 Å². The van der Waals surface area contributed by atoms with Gasteiger partial charge in [-0.05, 0) is 42.8 Å². The van der Waals surface area contributed by atoms with Crippen molar-refractivity contribution in [3.05, 3.63) is 83.8 Å². The van der Waals surface area contributed by atoms with Gasteiger partial charge < -0.3 is 15.4 Å². The summed E-state index contributed by atoms with van der Waals surface area (Å²) in [6, 6.07) is 17.2. The summed E-state index contributed by atoms with van der Waals surface area (Å²) in [5, 5.41) is 28.9. The molecule has 4 rings (SSSR count). The van der Waals surface area contributed by atoms with Crippen molar-refractivity contribution in [1.82, 2.24) is 19.9 Å². The van der Waals surface area contributed by atoms with Gasteiger partial charge in [0, 0.05) is 30.4 Å². The second-order valence-electron chi connectivity index (χ2n) is 8.52. The van der Waals surface area contributed by atoms with E-state index in [4.69, 9.17) is 10.00 Å². The summed E-state index contributed by atoms with van der Waals surface area (Å²) in [6.45, 7) is 5.18. The number of nitriles is 2. The van der Waals surface area contributed by atoms with Gasteiger partial charge in [0.25, 0.3) is 0 Å². The third-order valence-corrected chi connectivity index (χ3v) is 5.83. The van der Waals surface area contributed by atoms with Gasteiger partial charge >= 0.3 is 0 Å². The van der Waals surface area contributed by atoms with Crippen LogP contribution in [0.5, 0.6) is 5.75 Å². The Morgan fingerprint density at radius 1 is 1.16 bits per heavy atom. The molecule has 0 aliphatic carbocycles. The third-order valence-electron chi connectivity index (χ3n) is 5.83. The molecule has 38 heavy (non-hydrogen) atoms. The van der Waals surface area contributed by atoms with Gasteiger partial charge in [0.05, 0.1) is 47.6 Å². The number of amides is 1. The minimum absolute atomic E-state index is 0.0879. The number of nitrogens with zero attached hydrogens (tertiary/aromatic N) is 5. The smallest absolute Gasteiger partial charge is 0.226 e. The van der Waals surface area contributed by atoms with E-state index >= 15 is 0 Å². The maximum absolute atomic E-state index is 12.4. The molecule has 3 aromatic heterocycles. The summed E-state index contributed by atoms with van der Waals surface area (Å²) in [4.78, 5) is 16.9. The van der Waals surface area contributed by atoms with Crippen LogP contribution in [0.15, 0.2) is 67.1 Å². The molecule has 0 aliphatic rings. The van der Waals surface area contributed by atoms with Crippen LogP contribution in [0.25, 0.3) is 22.7 Å². The maximum Gasteiger partial charge on any atom is 0.226 e. The summed E-state index contributed by atoms with van der Waals surface area (Å²) in [7, 11) is 0. The van der Waals surface area contributed by atoms with E-state index in [1.165, 1.54) is 6.20 Å². The van der Waals surface area contributed by atoms with Gasteiger partial charge in [-0.1, -0.05) is 31.2 Å². The zero-order chi connectivity index (χ0) is 26.9. The van der Waals surface area contributed by atoms with Crippen molar-refractivity contribution in [1.29, 1.82) is 10.5 Å². The number of hydrogen-bond acceptors (Lipinski definition) is 7. The Bertz CT molecular complexity index is 1540. The van der Waals surface area contributed by atoms with Gasteiger partial charge in [-0.2, -0.15) is 15.6 Å². The van der Waals surface area contributed by atoms with Crippen molar-refractivity contribution in [2.24, 2.45) is 5.92 Å². The fourth-order valence-electron chi connectivity index (χ4n) is 3.89. The summed E-state index contributed by atoms with van der Waals surface area (Å²) < 4.78 is 7.31. The SMILES string of the molecule is CCOc1cc(-c2ccc(NCCNC(=O)C(C)/C=C/c3cccc(C#N)c3)nc2)c2c(C#N)cnn2c1. The van der Waals surface area contributed by atoms with Crippen LogP contribution in [0.1, 0.15) is 30.5 Å². The Morgan fingerprint density at radius 2 is 2.03 bits per heavy atom. The van der Waals surface area contributed by atoms with Crippen molar-refractivity contribution in [2.75, 3.05) is 25.0 Å². The van der Waals surface area contributed by atoms with Gasteiger partial charge in [-0.3, -0.25) is 4.79 Å². The molecular weight excluding hydrogens is 478 g/mol. The standard InChI is InChI=1S/C29H27N7O2/c1-3-38-25-14-26(28-24(16-31)18-35-36(28)19-25)23-9-10-27(34-17-23)32-11-12-33-29(37)20(2)7-8-21-5-4-6-22(13-21)15-30/h4-10,13-14,17-20H,3,11-12H2,1-2H3,(H,32,34)(H,33,37)/b8-7+. The third kappa shape index (κ3) is 6.15. The minimum Gasteiger partial charge on any atom is -0.492 e. The van der Waals surface area contributed by atoms with E-state index < -0.39 is 0 Å². The van der Waals surface area contributed by atoms with Crippen molar-refractivity contribution < 1.29 is 9.53 Å². The van der Waals surface area contributed by atoms with E-state index in [1.54, 1.807) is 29.0 Å². The molecule has 0 saturated carbocycles. The van der Waals surface area contributed by atoms with Crippen LogP contribution in [0.4, 0.5) is 5.82 Å². The number of anilines is 1. The fraction of sp³-hybridized carbons (Fsp3) is 0.207. The molecule has 190 valence electrons. The lowest BCUT2D eigenvalue weighted by molar-refractivity contribution is -0.123. The first-order valence-electron chi connectivity index (χ1n) is 12.2. The van der Waals surface area contributed by atoms with Crippen LogP contribution in [0, 0.1) is 28.6 Å². The highest BCUT2D eigenvalue weighted by Gasteiger charge is 2.14. The van der Waals surface area contributed by atoms with E-state index in [1.807, 2.05) is 56.3 Å². The maximum atomic E-state index is 12.4. The summed E-state index contributed by atoms with van der Waals surface area (Å²) in [6.07, 6.45) is 8.68. The molecule has 9 nitrogen and oxygen atoms in total. The number of benzene rings is 1. The largest absolute Gasteiger partial charge is 0.492 e. The van der Waals surface area contributed by atoms with Crippen LogP contribution >= 0.6 is 0 Å². The molecule has 0 radical (unpaired) electrons. The molecule has 1 unspecified atom stereocenters. The first kappa shape index (κ1) is 25.9. The Hall–Kier alpha value is -5.15. The predicted octanol–water partition coefficient (Wildman–Crippen LogP) is 4.42. The van der Waals surface area contributed by atoms with Gasteiger partial charge in [-0.25, -0.2) is 9.50 Å². The van der Waals surface area contributed by atoms with Crippen molar-refractivity contribution in [3.63, 3.8) is 0 Å².